The van der Waals surface area contributed by atoms with Crippen LogP contribution in [0.1, 0.15) is 20.8 Å². The zero-order chi connectivity index (χ0) is 18.7. The largest absolute Gasteiger partial charge is 0.495 e. The summed E-state index contributed by atoms with van der Waals surface area (Å²) in [4.78, 5) is 17.2. The minimum absolute atomic E-state index is 0.0940. The highest BCUT2D eigenvalue weighted by molar-refractivity contribution is 5.79. The van der Waals surface area contributed by atoms with Crippen molar-refractivity contribution in [3.63, 3.8) is 0 Å². The molecule has 0 bridgehead atoms. The number of amides is 1. The molecule has 140 valence electrons. The smallest absolute Gasteiger partial charge is 0.227 e. The van der Waals surface area contributed by atoms with Crippen LogP contribution >= 0.6 is 0 Å². The molecule has 1 saturated heterocycles. The molecule has 1 atom stereocenters. The number of methoxy groups -OCH3 is 1. The van der Waals surface area contributed by atoms with Gasteiger partial charge in [-0.2, -0.15) is 5.10 Å². The maximum Gasteiger partial charge on any atom is 0.227 e. The van der Waals surface area contributed by atoms with E-state index < -0.39 is 0 Å². The molecule has 3 rings (SSSR count). The molecule has 1 amide bonds. The van der Waals surface area contributed by atoms with Crippen LogP contribution in [0.25, 0.3) is 0 Å². The van der Waals surface area contributed by atoms with Crippen LogP contribution in [-0.2, 0) is 11.3 Å². The Morgan fingerprint density at radius 2 is 2.04 bits per heavy atom. The summed E-state index contributed by atoms with van der Waals surface area (Å²) in [6.07, 6.45) is 3.64. The fourth-order valence-corrected chi connectivity index (χ4v) is 3.72. The van der Waals surface area contributed by atoms with E-state index in [1.807, 2.05) is 47.0 Å². The number of ether oxygens (including phenoxy) is 1. The number of benzene rings is 1. The van der Waals surface area contributed by atoms with Crippen LogP contribution in [0.5, 0.6) is 5.75 Å². The van der Waals surface area contributed by atoms with Crippen molar-refractivity contribution in [3.05, 3.63) is 42.7 Å². The van der Waals surface area contributed by atoms with Gasteiger partial charge in [-0.25, -0.2) is 0 Å². The topological polar surface area (TPSA) is 50.6 Å². The number of anilines is 1. The molecule has 26 heavy (non-hydrogen) atoms. The van der Waals surface area contributed by atoms with Gasteiger partial charge in [0.1, 0.15) is 5.75 Å². The normalized spacial score (nSPS) is 17.8. The molecule has 0 aliphatic carbocycles. The average molecular weight is 356 g/mol. The number of piperazine rings is 1. The van der Waals surface area contributed by atoms with Gasteiger partial charge >= 0.3 is 0 Å². The van der Waals surface area contributed by atoms with Crippen molar-refractivity contribution in [2.75, 3.05) is 31.6 Å². The van der Waals surface area contributed by atoms with Crippen molar-refractivity contribution < 1.29 is 9.53 Å². The third kappa shape index (κ3) is 3.69. The summed E-state index contributed by atoms with van der Waals surface area (Å²) in [6, 6.07) is 9.95. The van der Waals surface area contributed by atoms with Crippen molar-refractivity contribution >= 4 is 11.6 Å². The Balaban J connectivity index is 1.71. The molecule has 2 heterocycles. The Kier molecular flexibility index (Phi) is 5.20. The first kappa shape index (κ1) is 18.3. The predicted octanol–water partition coefficient (Wildman–Crippen LogP) is 2.66. The number of nitrogens with zero attached hydrogens (tertiary/aromatic N) is 4. The van der Waals surface area contributed by atoms with Crippen molar-refractivity contribution in [2.24, 2.45) is 5.92 Å². The molecule has 1 aliphatic heterocycles. The second-order valence-corrected chi connectivity index (χ2v) is 7.52. The number of hydrogen-bond donors (Lipinski definition) is 0. The highest BCUT2D eigenvalue weighted by Gasteiger charge is 2.37. The van der Waals surface area contributed by atoms with E-state index in [1.165, 1.54) is 0 Å². The lowest BCUT2D eigenvalue weighted by molar-refractivity contribution is -0.137. The lowest BCUT2D eigenvalue weighted by atomic mass is 9.96. The first-order chi connectivity index (χ1) is 12.4. The number of carbonyl (C=O) groups is 1. The Labute approximate surface area is 155 Å². The summed E-state index contributed by atoms with van der Waals surface area (Å²) in [5.74, 6) is 0.962. The van der Waals surface area contributed by atoms with Crippen molar-refractivity contribution in [3.8, 4) is 5.75 Å². The lowest BCUT2D eigenvalue weighted by Gasteiger charge is -2.49. The Bertz CT molecular complexity index is 742. The molecular weight excluding hydrogens is 328 g/mol. The fraction of sp³-hybridized carbons (Fsp3) is 0.500. The second-order valence-electron chi connectivity index (χ2n) is 7.52. The Hall–Kier alpha value is -2.50. The summed E-state index contributed by atoms with van der Waals surface area (Å²) < 4.78 is 7.35. The Morgan fingerprint density at radius 3 is 2.69 bits per heavy atom. The molecule has 1 aromatic carbocycles. The SMILES string of the molecule is COc1ccccc1N1CCN(C(=O)[C@@H](C)Cn2cccn2)CC1(C)C. The predicted molar refractivity (Wildman–Crippen MR) is 102 cm³/mol. The summed E-state index contributed by atoms with van der Waals surface area (Å²) in [5.41, 5.74) is 0.908. The molecule has 2 aromatic rings. The van der Waals surface area contributed by atoms with E-state index in [1.54, 1.807) is 13.3 Å². The molecule has 0 spiro atoms. The lowest BCUT2D eigenvalue weighted by Crippen LogP contribution is -2.61. The number of carbonyl (C=O) groups excluding carboxylic acids is 1. The molecule has 0 saturated carbocycles. The van der Waals surface area contributed by atoms with Gasteiger partial charge in [-0.05, 0) is 32.0 Å². The zero-order valence-corrected chi connectivity index (χ0v) is 16.1. The highest BCUT2D eigenvalue weighted by atomic mass is 16.5. The van der Waals surface area contributed by atoms with Crippen molar-refractivity contribution in [1.29, 1.82) is 0 Å². The van der Waals surface area contributed by atoms with Gasteiger partial charge in [0.2, 0.25) is 5.91 Å². The maximum absolute atomic E-state index is 12.9. The van der Waals surface area contributed by atoms with E-state index >= 15 is 0 Å². The van der Waals surface area contributed by atoms with Crippen LogP contribution in [0.2, 0.25) is 0 Å². The monoisotopic (exact) mass is 356 g/mol. The van der Waals surface area contributed by atoms with E-state index in [2.05, 4.69) is 29.9 Å². The molecule has 1 aromatic heterocycles. The second kappa shape index (κ2) is 7.40. The van der Waals surface area contributed by atoms with E-state index in [0.29, 0.717) is 19.6 Å². The summed E-state index contributed by atoms with van der Waals surface area (Å²) in [6.45, 7) is 9.13. The molecule has 0 radical (unpaired) electrons. The molecule has 0 N–H and O–H groups in total. The van der Waals surface area contributed by atoms with Crippen LogP contribution in [-0.4, -0.2) is 52.9 Å². The number of aromatic nitrogens is 2. The molecule has 1 aliphatic rings. The van der Waals surface area contributed by atoms with Gasteiger partial charge in [0.15, 0.2) is 0 Å². The molecule has 6 nitrogen and oxygen atoms in total. The first-order valence-electron chi connectivity index (χ1n) is 9.09. The van der Waals surface area contributed by atoms with E-state index in [0.717, 1.165) is 18.0 Å². The quantitative estimate of drug-likeness (QED) is 0.826. The summed E-state index contributed by atoms with van der Waals surface area (Å²) in [5, 5.41) is 4.21. The fourth-order valence-electron chi connectivity index (χ4n) is 3.72. The van der Waals surface area contributed by atoms with E-state index in [4.69, 9.17) is 4.74 Å². The minimum Gasteiger partial charge on any atom is -0.495 e. The van der Waals surface area contributed by atoms with Crippen molar-refractivity contribution in [1.82, 2.24) is 14.7 Å². The highest BCUT2D eigenvalue weighted by Crippen LogP contribution is 2.35. The van der Waals surface area contributed by atoms with Gasteiger partial charge in [-0.3, -0.25) is 9.48 Å². The standard InChI is InChI=1S/C20H28N4O2/c1-16(14-23-11-7-10-21-23)19(25)22-12-13-24(20(2,3)15-22)17-8-5-6-9-18(17)26-4/h5-11,16H,12-15H2,1-4H3/t16-/m0/s1. The molecule has 0 unspecified atom stereocenters. The van der Waals surface area contributed by atoms with Gasteiger partial charge in [0.25, 0.3) is 0 Å². The number of para-hydroxylation sites is 2. The van der Waals surface area contributed by atoms with Crippen LogP contribution in [0, 0.1) is 5.92 Å². The summed E-state index contributed by atoms with van der Waals surface area (Å²) >= 11 is 0. The van der Waals surface area contributed by atoms with Crippen molar-refractivity contribution in [2.45, 2.75) is 32.9 Å². The zero-order valence-electron chi connectivity index (χ0n) is 16.1. The maximum atomic E-state index is 12.9. The minimum atomic E-state index is -0.173. The van der Waals surface area contributed by atoms with Crippen LogP contribution < -0.4 is 9.64 Å². The van der Waals surface area contributed by atoms with Gasteiger partial charge in [0.05, 0.1) is 30.8 Å². The third-order valence-corrected chi connectivity index (χ3v) is 5.03. The van der Waals surface area contributed by atoms with E-state index in [9.17, 15) is 4.79 Å². The van der Waals surface area contributed by atoms with Gasteiger partial charge in [-0.15, -0.1) is 0 Å². The average Bonchev–Trinajstić information content (AvgIpc) is 3.13. The first-order valence-corrected chi connectivity index (χ1v) is 9.09. The van der Waals surface area contributed by atoms with Crippen LogP contribution in [0.15, 0.2) is 42.7 Å². The van der Waals surface area contributed by atoms with Gasteiger partial charge in [-0.1, -0.05) is 19.1 Å². The summed E-state index contributed by atoms with van der Waals surface area (Å²) in [7, 11) is 1.70. The number of rotatable bonds is 5. The van der Waals surface area contributed by atoms with Crippen LogP contribution in [0.3, 0.4) is 0 Å². The van der Waals surface area contributed by atoms with Gasteiger partial charge in [0, 0.05) is 32.0 Å². The molecule has 1 fully saturated rings. The Morgan fingerprint density at radius 1 is 1.27 bits per heavy atom. The third-order valence-electron chi connectivity index (χ3n) is 5.03. The van der Waals surface area contributed by atoms with E-state index in [-0.39, 0.29) is 17.4 Å². The van der Waals surface area contributed by atoms with Gasteiger partial charge < -0.3 is 14.5 Å². The molecular formula is C20H28N4O2. The molecule has 6 heteroatoms. The number of hydrogen-bond acceptors (Lipinski definition) is 4. The van der Waals surface area contributed by atoms with Crippen LogP contribution in [0.4, 0.5) is 5.69 Å².